The molecule has 16 heavy (non-hydrogen) atoms. The fourth-order valence-electron chi connectivity index (χ4n) is 2.38. The summed E-state index contributed by atoms with van der Waals surface area (Å²) in [6.07, 6.45) is 6.60. The first kappa shape index (κ1) is 9.46. The summed E-state index contributed by atoms with van der Waals surface area (Å²) in [5, 5.41) is 2.64. The normalized spacial score (nSPS) is 13.8. The SMILES string of the molecule is COc1ccc2ccc3c(c2c1)CC=CC3. The van der Waals surface area contributed by atoms with Crippen LogP contribution >= 0.6 is 0 Å². The lowest BCUT2D eigenvalue weighted by atomic mass is 9.91. The zero-order chi connectivity index (χ0) is 11.0. The van der Waals surface area contributed by atoms with Crippen LogP contribution in [0, 0.1) is 0 Å². The van der Waals surface area contributed by atoms with Crippen LogP contribution in [0.4, 0.5) is 0 Å². The first-order valence-electron chi connectivity index (χ1n) is 5.62. The molecule has 0 bridgehead atoms. The van der Waals surface area contributed by atoms with E-state index in [9.17, 15) is 0 Å². The standard InChI is InChI=1S/C15H14O/c1-16-13-9-8-12-7-6-11-4-2-3-5-14(11)15(12)10-13/h2-3,6-10H,4-5H2,1H3. The van der Waals surface area contributed by atoms with Gasteiger partial charge in [-0.2, -0.15) is 0 Å². The molecule has 0 radical (unpaired) electrons. The van der Waals surface area contributed by atoms with Crippen molar-refractivity contribution in [1.82, 2.24) is 0 Å². The van der Waals surface area contributed by atoms with Gasteiger partial charge in [-0.1, -0.05) is 30.4 Å². The lowest BCUT2D eigenvalue weighted by Crippen LogP contribution is -1.98. The molecule has 0 amide bonds. The van der Waals surface area contributed by atoms with Crippen LogP contribution in [0.2, 0.25) is 0 Å². The number of methoxy groups -OCH3 is 1. The maximum atomic E-state index is 5.30. The molecule has 0 N–H and O–H groups in total. The fourth-order valence-corrected chi connectivity index (χ4v) is 2.38. The summed E-state index contributed by atoms with van der Waals surface area (Å²) in [6.45, 7) is 0. The molecule has 1 nitrogen and oxygen atoms in total. The second-order valence-corrected chi connectivity index (χ2v) is 4.17. The molecule has 0 aliphatic heterocycles. The Morgan fingerprint density at radius 2 is 1.81 bits per heavy atom. The van der Waals surface area contributed by atoms with Gasteiger partial charge in [-0.05, 0) is 46.9 Å². The highest BCUT2D eigenvalue weighted by Crippen LogP contribution is 2.29. The van der Waals surface area contributed by atoms with E-state index in [1.54, 1.807) is 7.11 Å². The summed E-state index contributed by atoms with van der Waals surface area (Å²) in [6, 6.07) is 10.7. The summed E-state index contributed by atoms with van der Waals surface area (Å²) >= 11 is 0. The third-order valence-corrected chi connectivity index (χ3v) is 3.26. The predicted octanol–water partition coefficient (Wildman–Crippen LogP) is 3.50. The van der Waals surface area contributed by atoms with Crippen LogP contribution in [-0.4, -0.2) is 7.11 Å². The van der Waals surface area contributed by atoms with Gasteiger partial charge in [0.1, 0.15) is 5.75 Å². The van der Waals surface area contributed by atoms with Crippen LogP contribution in [0.5, 0.6) is 5.75 Å². The van der Waals surface area contributed by atoms with Crippen molar-refractivity contribution < 1.29 is 4.74 Å². The molecule has 0 atom stereocenters. The molecular weight excluding hydrogens is 196 g/mol. The largest absolute Gasteiger partial charge is 0.497 e. The molecule has 2 aromatic carbocycles. The fraction of sp³-hybridized carbons (Fsp3) is 0.200. The maximum Gasteiger partial charge on any atom is 0.119 e. The van der Waals surface area contributed by atoms with Crippen LogP contribution in [0.3, 0.4) is 0 Å². The van der Waals surface area contributed by atoms with Crippen molar-refractivity contribution in [3.05, 3.63) is 53.6 Å². The molecule has 0 aromatic heterocycles. The number of fused-ring (bicyclic) bond motifs is 3. The van der Waals surface area contributed by atoms with E-state index in [0.717, 1.165) is 18.6 Å². The molecule has 1 aliphatic carbocycles. The minimum absolute atomic E-state index is 0.940. The number of ether oxygens (including phenoxy) is 1. The van der Waals surface area contributed by atoms with Crippen molar-refractivity contribution in [3.8, 4) is 5.75 Å². The molecule has 0 spiro atoms. The quantitative estimate of drug-likeness (QED) is 0.654. The summed E-state index contributed by atoms with van der Waals surface area (Å²) in [4.78, 5) is 0. The van der Waals surface area contributed by atoms with Crippen molar-refractivity contribution in [2.45, 2.75) is 12.8 Å². The first-order valence-corrected chi connectivity index (χ1v) is 5.62. The summed E-state index contributed by atoms with van der Waals surface area (Å²) < 4.78 is 5.30. The van der Waals surface area contributed by atoms with Crippen molar-refractivity contribution in [3.63, 3.8) is 0 Å². The van der Waals surface area contributed by atoms with Gasteiger partial charge in [-0.3, -0.25) is 0 Å². The number of allylic oxidation sites excluding steroid dienone is 2. The van der Waals surface area contributed by atoms with Crippen molar-refractivity contribution in [2.24, 2.45) is 0 Å². The minimum atomic E-state index is 0.940. The molecule has 0 saturated heterocycles. The Labute approximate surface area is 95.4 Å². The Bertz CT molecular complexity index is 567. The van der Waals surface area contributed by atoms with E-state index < -0.39 is 0 Å². The van der Waals surface area contributed by atoms with Gasteiger partial charge in [0.25, 0.3) is 0 Å². The highest BCUT2D eigenvalue weighted by Gasteiger charge is 2.09. The monoisotopic (exact) mass is 210 g/mol. The molecule has 0 heterocycles. The number of hydrogen-bond donors (Lipinski definition) is 0. The Morgan fingerprint density at radius 1 is 1.00 bits per heavy atom. The zero-order valence-corrected chi connectivity index (χ0v) is 9.36. The average molecular weight is 210 g/mol. The number of benzene rings is 2. The smallest absolute Gasteiger partial charge is 0.119 e. The molecule has 3 rings (SSSR count). The number of rotatable bonds is 1. The summed E-state index contributed by atoms with van der Waals surface area (Å²) in [5.41, 5.74) is 2.90. The molecule has 1 heteroatoms. The van der Waals surface area contributed by atoms with Crippen LogP contribution < -0.4 is 4.74 Å². The van der Waals surface area contributed by atoms with E-state index in [1.807, 2.05) is 6.07 Å². The Morgan fingerprint density at radius 3 is 2.69 bits per heavy atom. The van der Waals surface area contributed by atoms with Gasteiger partial charge in [0.05, 0.1) is 7.11 Å². The van der Waals surface area contributed by atoms with Crippen molar-refractivity contribution in [1.29, 1.82) is 0 Å². The first-order chi connectivity index (χ1) is 7.88. The average Bonchev–Trinajstić information content (AvgIpc) is 2.38. The Hall–Kier alpha value is -1.76. The molecule has 0 fully saturated rings. The van der Waals surface area contributed by atoms with E-state index in [-0.39, 0.29) is 0 Å². The molecule has 0 saturated carbocycles. The van der Waals surface area contributed by atoms with Crippen molar-refractivity contribution in [2.75, 3.05) is 7.11 Å². The van der Waals surface area contributed by atoms with E-state index in [4.69, 9.17) is 4.74 Å². The Kier molecular flexibility index (Phi) is 2.17. The van der Waals surface area contributed by atoms with E-state index in [0.29, 0.717) is 0 Å². The highest BCUT2D eigenvalue weighted by atomic mass is 16.5. The molecule has 1 aliphatic rings. The van der Waals surface area contributed by atoms with E-state index >= 15 is 0 Å². The van der Waals surface area contributed by atoms with Gasteiger partial charge in [0.15, 0.2) is 0 Å². The topological polar surface area (TPSA) is 9.23 Å². The van der Waals surface area contributed by atoms with Crippen LogP contribution in [0.1, 0.15) is 11.1 Å². The second kappa shape index (κ2) is 3.67. The van der Waals surface area contributed by atoms with Gasteiger partial charge >= 0.3 is 0 Å². The second-order valence-electron chi connectivity index (χ2n) is 4.17. The zero-order valence-electron chi connectivity index (χ0n) is 9.36. The third kappa shape index (κ3) is 1.40. The molecule has 0 unspecified atom stereocenters. The highest BCUT2D eigenvalue weighted by molar-refractivity contribution is 5.88. The number of hydrogen-bond acceptors (Lipinski definition) is 1. The van der Waals surface area contributed by atoms with E-state index in [2.05, 4.69) is 36.4 Å². The summed E-state index contributed by atoms with van der Waals surface area (Å²) in [5.74, 6) is 0.940. The van der Waals surface area contributed by atoms with E-state index in [1.165, 1.54) is 21.9 Å². The minimum Gasteiger partial charge on any atom is -0.497 e. The Balaban J connectivity index is 2.29. The predicted molar refractivity (Wildman–Crippen MR) is 67.0 cm³/mol. The maximum absolute atomic E-state index is 5.30. The van der Waals surface area contributed by atoms with Crippen molar-refractivity contribution >= 4 is 10.8 Å². The molecular formula is C15H14O. The van der Waals surface area contributed by atoms with Gasteiger partial charge in [0, 0.05) is 0 Å². The van der Waals surface area contributed by atoms with Gasteiger partial charge < -0.3 is 4.74 Å². The van der Waals surface area contributed by atoms with Crippen LogP contribution in [-0.2, 0) is 12.8 Å². The lowest BCUT2D eigenvalue weighted by molar-refractivity contribution is 0.415. The van der Waals surface area contributed by atoms with Gasteiger partial charge in [-0.25, -0.2) is 0 Å². The summed E-state index contributed by atoms with van der Waals surface area (Å²) in [7, 11) is 1.72. The third-order valence-electron chi connectivity index (χ3n) is 3.26. The van der Waals surface area contributed by atoms with Gasteiger partial charge in [-0.15, -0.1) is 0 Å². The molecule has 2 aromatic rings. The lowest BCUT2D eigenvalue weighted by Gasteiger charge is -2.14. The van der Waals surface area contributed by atoms with Gasteiger partial charge in [0.2, 0.25) is 0 Å². The van der Waals surface area contributed by atoms with Crippen LogP contribution in [0.15, 0.2) is 42.5 Å². The molecule has 80 valence electrons. The van der Waals surface area contributed by atoms with Crippen LogP contribution in [0.25, 0.3) is 10.8 Å².